The monoisotopic (exact) mass is 195 g/mol. The minimum atomic E-state index is -0.0854. The van der Waals surface area contributed by atoms with Crippen molar-refractivity contribution in [2.24, 2.45) is 5.73 Å². The van der Waals surface area contributed by atoms with Gasteiger partial charge in [0.1, 0.15) is 5.75 Å². The molecule has 0 aliphatic heterocycles. The van der Waals surface area contributed by atoms with Gasteiger partial charge in [0.2, 0.25) is 0 Å². The quantitative estimate of drug-likeness (QED) is 0.778. The molecule has 14 heavy (non-hydrogen) atoms. The van der Waals surface area contributed by atoms with Crippen LogP contribution < -0.4 is 10.5 Å². The highest BCUT2D eigenvalue weighted by Crippen LogP contribution is 2.26. The Morgan fingerprint density at radius 2 is 2.07 bits per heavy atom. The van der Waals surface area contributed by atoms with Crippen LogP contribution in [0.25, 0.3) is 0 Å². The number of para-hydroxylation sites is 1. The van der Waals surface area contributed by atoms with Crippen LogP contribution in [0.15, 0.2) is 24.3 Å². The highest BCUT2D eigenvalue weighted by atomic mass is 16.5. The largest absolute Gasteiger partial charge is 0.493 e. The molecule has 0 spiro atoms. The molecule has 2 N–H and O–H groups in total. The van der Waals surface area contributed by atoms with Gasteiger partial charge in [-0.2, -0.15) is 0 Å². The Balaban J connectivity index is 2.92. The van der Waals surface area contributed by atoms with Crippen molar-refractivity contribution < 1.29 is 9.47 Å². The summed E-state index contributed by atoms with van der Waals surface area (Å²) in [5.74, 6) is 0.854. The number of hydrogen-bond donors (Lipinski definition) is 1. The molecule has 0 bridgehead atoms. The third-order valence-electron chi connectivity index (χ3n) is 2.06. The van der Waals surface area contributed by atoms with E-state index in [0.29, 0.717) is 13.2 Å². The van der Waals surface area contributed by atoms with Gasteiger partial charge in [0.05, 0.1) is 12.7 Å². The Bertz CT molecular complexity index is 272. The summed E-state index contributed by atoms with van der Waals surface area (Å²) in [5.41, 5.74) is 6.61. The van der Waals surface area contributed by atoms with Crippen LogP contribution in [0.1, 0.15) is 18.6 Å². The molecule has 3 nitrogen and oxygen atoms in total. The predicted molar refractivity (Wildman–Crippen MR) is 56.4 cm³/mol. The molecule has 78 valence electrons. The number of rotatable bonds is 5. The van der Waals surface area contributed by atoms with E-state index in [9.17, 15) is 0 Å². The smallest absolute Gasteiger partial charge is 0.125 e. The summed E-state index contributed by atoms with van der Waals surface area (Å²) in [5, 5.41) is 0. The second-order valence-electron chi connectivity index (χ2n) is 2.93. The molecule has 0 radical (unpaired) electrons. The fourth-order valence-electron chi connectivity index (χ4n) is 1.38. The number of benzene rings is 1. The standard InChI is InChI=1S/C11H17NO2/c1-3-14-10-7-5-4-6-9(10)11(8-12)13-2/h4-7,11H,3,8,12H2,1-2H3. The van der Waals surface area contributed by atoms with Crippen molar-refractivity contribution in [3.63, 3.8) is 0 Å². The van der Waals surface area contributed by atoms with Crippen LogP contribution in [-0.4, -0.2) is 20.3 Å². The van der Waals surface area contributed by atoms with Crippen LogP contribution in [0.2, 0.25) is 0 Å². The van der Waals surface area contributed by atoms with E-state index in [2.05, 4.69) is 0 Å². The van der Waals surface area contributed by atoms with Crippen molar-refractivity contribution in [2.75, 3.05) is 20.3 Å². The fraction of sp³-hybridized carbons (Fsp3) is 0.455. The van der Waals surface area contributed by atoms with E-state index in [4.69, 9.17) is 15.2 Å². The van der Waals surface area contributed by atoms with Crippen molar-refractivity contribution in [3.05, 3.63) is 29.8 Å². The summed E-state index contributed by atoms with van der Waals surface area (Å²) in [4.78, 5) is 0. The lowest BCUT2D eigenvalue weighted by molar-refractivity contribution is 0.107. The van der Waals surface area contributed by atoms with Gasteiger partial charge in [0, 0.05) is 19.2 Å². The third kappa shape index (κ3) is 2.47. The highest BCUT2D eigenvalue weighted by molar-refractivity contribution is 5.35. The van der Waals surface area contributed by atoms with Crippen LogP contribution in [0, 0.1) is 0 Å². The zero-order valence-corrected chi connectivity index (χ0v) is 8.69. The van der Waals surface area contributed by atoms with E-state index in [-0.39, 0.29) is 6.10 Å². The summed E-state index contributed by atoms with van der Waals surface area (Å²) in [6.07, 6.45) is -0.0854. The van der Waals surface area contributed by atoms with E-state index in [1.807, 2.05) is 31.2 Å². The van der Waals surface area contributed by atoms with Gasteiger partial charge in [-0.05, 0) is 13.0 Å². The average molecular weight is 195 g/mol. The summed E-state index contributed by atoms with van der Waals surface area (Å²) in [7, 11) is 1.65. The van der Waals surface area contributed by atoms with Crippen LogP contribution in [-0.2, 0) is 4.74 Å². The molecule has 1 rings (SSSR count). The molecule has 0 saturated carbocycles. The molecule has 0 heterocycles. The van der Waals surface area contributed by atoms with E-state index in [1.54, 1.807) is 7.11 Å². The molecule has 1 aromatic carbocycles. The lowest BCUT2D eigenvalue weighted by atomic mass is 10.1. The molecular weight excluding hydrogens is 178 g/mol. The van der Waals surface area contributed by atoms with Crippen molar-refractivity contribution in [1.82, 2.24) is 0 Å². The maximum absolute atomic E-state index is 5.60. The Hall–Kier alpha value is -1.06. The topological polar surface area (TPSA) is 44.5 Å². The van der Waals surface area contributed by atoms with Gasteiger partial charge in [-0.15, -0.1) is 0 Å². The van der Waals surface area contributed by atoms with Gasteiger partial charge in [-0.3, -0.25) is 0 Å². The minimum absolute atomic E-state index is 0.0854. The van der Waals surface area contributed by atoms with E-state index < -0.39 is 0 Å². The lowest BCUT2D eigenvalue weighted by Crippen LogP contribution is -2.15. The molecule has 0 aromatic heterocycles. The molecule has 1 unspecified atom stereocenters. The van der Waals surface area contributed by atoms with Gasteiger partial charge in [-0.25, -0.2) is 0 Å². The molecule has 3 heteroatoms. The first kappa shape index (κ1) is 11.0. The molecule has 1 atom stereocenters. The Morgan fingerprint density at radius 1 is 1.36 bits per heavy atom. The number of hydrogen-bond acceptors (Lipinski definition) is 3. The fourth-order valence-corrected chi connectivity index (χ4v) is 1.38. The van der Waals surface area contributed by atoms with Gasteiger partial charge in [0.15, 0.2) is 0 Å². The van der Waals surface area contributed by atoms with Crippen LogP contribution in [0.3, 0.4) is 0 Å². The molecule has 0 amide bonds. The average Bonchev–Trinajstić information content (AvgIpc) is 2.23. The Kier molecular flexibility index (Phi) is 4.43. The zero-order chi connectivity index (χ0) is 10.4. The summed E-state index contributed by atoms with van der Waals surface area (Å²) in [6.45, 7) is 3.07. The highest BCUT2D eigenvalue weighted by Gasteiger charge is 2.12. The first-order valence-corrected chi connectivity index (χ1v) is 4.78. The van der Waals surface area contributed by atoms with Crippen LogP contribution in [0.5, 0.6) is 5.75 Å². The summed E-state index contributed by atoms with van der Waals surface area (Å²) in [6, 6.07) is 7.81. The summed E-state index contributed by atoms with van der Waals surface area (Å²) >= 11 is 0. The number of methoxy groups -OCH3 is 1. The zero-order valence-electron chi connectivity index (χ0n) is 8.69. The molecular formula is C11H17NO2. The van der Waals surface area contributed by atoms with Gasteiger partial charge < -0.3 is 15.2 Å². The maximum atomic E-state index is 5.60. The first-order valence-electron chi connectivity index (χ1n) is 4.78. The predicted octanol–water partition coefficient (Wildman–Crippen LogP) is 1.73. The van der Waals surface area contributed by atoms with Crippen LogP contribution in [0.4, 0.5) is 0 Å². The van der Waals surface area contributed by atoms with Crippen LogP contribution >= 0.6 is 0 Å². The summed E-state index contributed by atoms with van der Waals surface area (Å²) < 4.78 is 10.8. The number of nitrogens with two attached hydrogens (primary N) is 1. The molecule has 0 fully saturated rings. The first-order chi connectivity index (χ1) is 6.83. The van der Waals surface area contributed by atoms with Gasteiger partial charge in [0.25, 0.3) is 0 Å². The van der Waals surface area contributed by atoms with Gasteiger partial charge >= 0.3 is 0 Å². The molecule has 0 aliphatic rings. The minimum Gasteiger partial charge on any atom is -0.493 e. The molecule has 0 aliphatic carbocycles. The third-order valence-corrected chi connectivity index (χ3v) is 2.06. The van der Waals surface area contributed by atoms with Crippen molar-refractivity contribution in [2.45, 2.75) is 13.0 Å². The van der Waals surface area contributed by atoms with E-state index in [0.717, 1.165) is 11.3 Å². The van der Waals surface area contributed by atoms with Gasteiger partial charge in [-0.1, -0.05) is 18.2 Å². The molecule has 0 saturated heterocycles. The molecule has 1 aromatic rings. The lowest BCUT2D eigenvalue weighted by Gasteiger charge is -2.17. The Labute approximate surface area is 84.8 Å². The van der Waals surface area contributed by atoms with Crippen molar-refractivity contribution in [1.29, 1.82) is 0 Å². The SMILES string of the molecule is CCOc1ccccc1C(CN)OC. The van der Waals surface area contributed by atoms with E-state index >= 15 is 0 Å². The maximum Gasteiger partial charge on any atom is 0.125 e. The second-order valence-corrected chi connectivity index (χ2v) is 2.93. The Morgan fingerprint density at radius 3 is 2.64 bits per heavy atom. The second kappa shape index (κ2) is 5.62. The van der Waals surface area contributed by atoms with Crippen molar-refractivity contribution in [3.8, 4) is 5.75 Å². The normalized spacial score (nSPS) is 12.5. The van der Waals surface area contributed by atoms with Crippen molar-refractivity contribution >= 4 is 0 Å². The number of ether oxygens (including phenoxy) is 2. The van der Waals surface area contributed by atoms with E-state index in [1.165, 1.54) is 0 Å².